The van der Waals surface area contributed by atoms with Gasteiger partial charge < -0.3 is 25.6 Å². The van der Waals surface area contributed by atoms with Crippen LogP contribution in [0, 0.1) is 19.7 Å². The molecule has 2 bridgehead atoms. The fraction of sp³-hybridized carbons (Fsp3) is 0.552. The highest BCUT2D eigenvalue weighted by atomic mass is 19.4. The van der Waals surface area contributed by atoms with E-state index in [4.69, 9.17) is 15.5 Å². The Bertz CT molecular complexity index is 1530. The minimum absolute atomic E-state index is 0.0841. The van der Waals surface area contributed by atoms with Gasteiger partial charge in [-0.2, -0.15) is 13.2 Å². The number of piperazine rings is 1. The number of nitrogens with one attached hydrogen (secondary N) is 1. The highest BCUT2D eigenvalue weighted by Crippen LogP contribution is 2.47. The van der Waals surface area contributed by atoms with Gasteiger partial charge >= 0.3 is 6.18 Å². The smallest absolute Gasteiger partial charge is 0.418 e. The van der Waals surface area contributed by atoms with Crippen LogP contribution in [0.5, 0.6) is 5.88 Å². The summed E-state index contributed by atoms with van der Waals surface area (Å²) in [6, 6.07) is 1.38. The van der Waals surface area contributed by atoms with Crippen LogP contribution in [-0.2, 0) is 12.6 Å². The topological polar surface area (TPSA) is 92.4 Å². The Morgan fingerprint density at radius 1 is 1.15 bits per heavy atom. The predicted octanol–water partition coefficient (Wildman–Crippen LogP) is 4.63. The molecule has 3 aliphatic rings. The van der Waals surface area contributed by atoms with Gasteiger partial charge in [-0.3, -0.25) is 0 Å². The van der Waals surface area contributed by atoms with Crippen LogP contribution in [0.2, 0.25) is 0 Å². The first-order chi connectivity index (χ1) is 19.3. The molecule has 4 atom stereocenters. The lowest BCUT2D eigenvalue weighted by molar-refractivity contribution is -0.137. The summed E-state index contributed by atoms with van der Waals surface area (Å²) in [7, 11) is 3.97. The maximum Gasteiger partial charge on any atom is 0.418 e. The average molecular weight is 574 g/mol. The van der Waals surface area contributed by atoms with E-state index in [9.17, 15) is 13.2 Å². The van der Waals surface area contributed by atoms with Crippen molar-refractivity contribution in [3.63, 3.8) is 0 Å². The molecule has 3 aromatic rings. The van der Waals surface area contributed by atoms with E-state index in [2.05, 4.69) is 25.1 Å². The van der Waals surface area contributed by atoms with Gasteiger partial charge in [0.05, 0.1) is 22.7 Å². The van der Waals surface area contributed by atoms with Gasteiger partial charge in [0.2, 0.25) is 5.88 Å². The van der Waals surface area contributed by atoms with Crippen molar-refractivity contribution in [3.05, 3.63) is 34.4 Å². The minimum Gasteiger partial charge on any atom is -0.472 e. The summed E-state index contributed by atoms with van der Waals surface area (Å²) in [6.07, 6.45) is -1.80. The number of nitrogens with two attached hydrogens (primary N) is 1. The number of hydrogen-bond acceptors (Lipinski definition) is 8. The third-order valence-electron chi connectivity index (χ3n) is 8.67. The number of pyridine rings is 3. The van der Waals surface area contributed by atoms with Crippen LogP contribution < -0.4 is 20.7 Å². The van der Waals surface area contributed by atoms with Gasteiger partial charge in [-0.05, 0) is 78.7 Å². The maximum absolute atomic E-state index is 16.8. The lowest BCUT2D eigenvalue weighted by Crippen LogP contribution is -2.62. The van der Waals surface area contributed by atoms with E-state index in [1.807, 2.05) is 21.0 Å². The monoisotopic (exact) mass is 573 g/mol. The zero-order valence-corrected chi connectivity index (χ0v) is 23.9. The van der Waals surface area contributed by atoms with E-state index >= 15 is 4.39 Å². The molecule has 0 spiro atoms. The van der Waals surface area contributed by atoms with Gasteiger partial charge in [0.15, 0.2) is 5.82 Å². The second-order valence-corrected chi connectivity index (χ2v) is 11.8. The first-order valence-electron chi connectivity index (χ1n) is 14.1. The number of hydrogen-bond donors (Lipinski definition) is 2. The number of rotatable bonds is 5. The number of alkyl halides is 3. The summed E-state index contributed by atoms with van der Waals surface area (Å²) in [5.74, 6) is -0.321. The van der Waals surface area contributed by atoms with Crippen molar-refractivity contribution in [3.8, 4) is 17.1 Å². The van der Waals surface area contributed by atoms with Crippen LogP contribution >= 0.6 is 0 Å². The van der Waals surface area contributed by atoms with Crippen molar-refractivity contribution < 1.29 is 22.3 Å². The molecule has 6 rings (SSSR count). The van der Waals surface area contributed by atoms with Gasteiger partial charge in [0.25, 0.3) is 0 Å². The first kappa shape index (κ1) is 27.9. The molecule has 0 radical (unpaired) electrons. The van der Waals surface area contributed by atoms with Crippen molar-refractivity contribution in [2.45, 2.75) is 76.9 Å². The van der Waals surface area contributed by atoms with E-state index in [1.54, 1.807) is 6.92 Å². The van der Waals surface area contributed by atoms with E-state index in [-0.39, 0.29) is 47.0 Å². The average Bonchev–Trinajstić information content (AvgIpc) is 3.19. The summed E-state index contributed by atoms with van der Waals surface area (Å²) >= 11 is 0. The second-order valence-electron chi connectivity index (χ2n) is 11.8. The first-order valence-corrected chi connectivity index (χ1v) is 14.1. The number of fused-ring (bicyclic) bond motifs is 5. The van der Waals surface area contributed by atoms with Gasteiger partial charge in [0, 0.05) is 35.3 Å². The van der Waals surface area contributed by atoms with E-state index in [0.717, 1.165) is 37.6 Å². The van der Waals surface area contributed by atoms with Gasteiger partial charge in [-0.25, -0.2) is 19.3 Å². The summed E-state index contributed by atoms with van der Waals surface area (Å²) in [6.45, 7) is 6.41. The van der Waals surface area contributed by atoms with Gasteiger partial charge in [-0.1, -0.05) is 0 Å². The van der Waals surface area contributed by atoms with E-state index in [0.29, 0.717) is 29.7 Å². The maximum atomic E-state index is 16.8. The lowest BCUT2D eigenvalue weighted by Gasteiger charge is -2.43. The molecule has 3 aromatic heterocycles. The van der Waals surface area contributed by atoms with Crippen LogP contribution in [0.3, 0.4) is 0 Å². The molecule has 0 amide bonds. The highest BCUT2D eigenvalue weighted by molar-refractivity contribution is 6.01. The molecule has 12 heteroatoms. The Balaban J connectivity index is 1.65. The number of ether oxygens (including phenoxy) is 1. The highest BCUT2D eigenvalue weighted by Gasteiger charge is 2.47. The van der Waals surface area contributed by atoms with Gasteiger partial charge in [-0.15, -0.1) is 0 Å². The second kappa shape index (κ2) is 9.94. The fourth-order valence-corrected chi connectivity index (χ4v) is 6.93. The Morgan fingerprint density at radius 2 is 1.90 bits per heavy atom. The van der Waals surface area contributed by atoms with Crippen molar-refractivity contribution in [1.82, 2.24) is 25.2 Å². The van der Waals surface area contributed by atoms with Crippen LogP contribution in [0.15, 0.2) is 6.07 Å². The minimum atomic E-state index is -4.80. The standard InChI is InChI=1S/C29H35F4N7O/c1-13-18(7-6-10-39(4)5)37-27-22-21(13)24(30)25(17-11-20(34)35-14(2)23(17)29(31,32)33)38-28(22)41-15(3)26-19-9-8-16(36-19)12-40(26)27/h11,15-16,19,26,36H,6-10,12H2,1-5H3,(H2,34,35)/t15-,16+,19-,26+/m0/s1. The lowest BCUT2D eigenvalue weighted by atomic mass is 9.96. The number of nitrogen functional groups attached to an aromatic ring is 1. The molecule has 220 valence electrons. The molecule has 3 aliphatic heterocycles. The third kappa shape index (κ3) is 4.64. The Morgan fingerprint density at radius 3 is 2.61 bits per heavy atom. The molecule has 0 aliphatic carbocycles. The predicted molar refractivity (Wildman–Crippen MR) is 150 cm³/mol. The molecule has 8 nitrogen and oxygen atoms in total. The number of nitrogens with zero attached hydrogens (tertiary/aromatic N) is 5. The Kier molecular flexibility index (Phi) is 6.76. The molecule has 0 unspecified atom stereocenters. The Hall–Kier alpha value is -3.25. The number of aromatic nitrogens is 3. The SMILES string of the molecule is Cc1nc(N)cc(-c2nc3c4c(nc(CCCN(C)C)c(C)c4c2F)N2C[C@H]4CC[C@H](N4)[C@H]2[C@H](C)O3)c1C(F)(F)F. The summed E-state index contributed by atoms with van der Waals surface area (Å²) < 4.78 is 66.1. The molecule has 0 saturated carbocycles. The van der Waals surface area contributed by atoms with E-state index in [1.165, 1.54) is 6.92 Å². The molecule has 0 aromatic carbocycles. The van der Waals surface area contributed by atoms with Crippen LogP contribution in [0.25, 0.3) is 22.0 Å². The number of aryl methyl sites for hydroxylation is 3. The number of halogens is 4. The fourth-order valence-electron chi connectivity index (χ4n) is 6.93. The van der Waals surface area contributed by atoms with E-state index < -0.39 is 28.8 Å². The zero-order valence-electron chi connectivity index (χ0n) is 23.9. The number of anilines is 2. The molecule has 2 fully saturated rings. The molecule has 41 heavy (non-hydrogen) atoms. The quantitative estimate of drug-likeness (QED) is 0.427. The molecular formula is C29H35F4N7O. The molecule has 6 heterocycles. The third-order valence-corrected chi connectivity index (χ3v) is 8.67. The Labute approximate surface area is 236 Å². The van der Waals surface area contributed by atoms with Crippen LogP contribution in [0.4, 0.5) is 29.2 Å². The van der Waals surface area contributed by atoms with Crippen molar-refractivity contribution in [2.24, 2.45) is 0 Å². The molecule has 2 saturated heterocycles. The van der Waals surface area contributed by atoms with Crippen molar-refractivity contribution in [1.29, 1.82) is 0 Å². The normalized spacial score (nSPS) is 23.6. The van der Waals surface area contributed by atoms with Crippen molar-refractivity contribution in [2.75, 3.05) is 37.8 Å². The molecular weight excluding hydrogens is 538 g/mol. The summed E-state index contributed by atoms with van der Waals surface area (Å²) in [5.41, 5.74) is 4.86. The van der Waals surface area contributed by atoms with Gasteiger partial charge in [0.1, 0.15) is 23.4 Å². The molecule has 3 N–H and O–H groups in total. The summed E-state index contributed by atoms with van der Waals surface area (Å²) in [5, 5.41) is 4.26. The van der Waals surface area contributed by atoms with Crippen LogP contribution in [0.1, 0.15) is 48.7 Å². The van der Waals surface area contributed by atoms with Crippen LogP contribution in [-0.4, -0.2) is 71.3 Å². The van der Waals surface area contributed by atoms with Crippen molar-refractivity contribution >= 4 is 22.4 Å². The largest absolute Gasteiger partial charge is 0.472 e. The summed E-state index contributed by atoms with van der Waals surface area (Å²) in [4.78, 5) is 17.7. The zero-order chi connectivity index (χ0) is 29.4.